The normalized spacial score (nSPS) is 36.2. The first-order chi connectivity index (χ1) is 21.0. The van der Waals surface area contributed by atoms with Crippen LogP contribution in [0.1, 0.15) is 85.8 Å². The number of hydrogen-bond donors (Lipinski definition) is 1. The van der Waals surface area contributed by atoms with Gasteiger partial charge >= 0.3 is 23.9 Å². The molecule has 1 aromatic heterocycles. The van der Waals surface area contributed by atoms with E-state index in [1.807, 2.05) is 6.92 Å². The second-order valence-electron chi connectivity index (χ2n) is 13.9. The van der Waals surface area contributed by atoms with Crippen LogP contribution in [0.3, 0.4) is 0 Å². The molecule has 0 aromatic carbocycles. The number of furan rings is 1. The molecule has 2 saturated carbocycles. The van der Waals surface area contributed by atoms with Crippen LogP contribution in [0.15, 0.2) is 45.8 Å². The molecule has 5 rings (SSSR count). The van der Waals surface area contributed by atoms with E-state index in [1.54, 1.807) is 46.8 Å². The van der Waals surface area contributed by atoms with Gasteiger partial charge in [-0.3, -0.25) is 14.4 Å². The maximum atomic E-state index is 14.8. The highest BCUT2D eigenvalue weighted by molar-refractivity contribution is 5.99. The number of ketones is 1. The predicted molar refractivity (Wildman–Crippen MR) is 157 cm³/mol. The van der Waals surface area contributed by atoms with E-state index in [9.17, 15) is 29.1 Å². The van der Waals surface area contributed by atoms with Crippen LogP contribution < -0.4 is 0 Å². The Kier molecular flexibility index (Phi) is 7.95. The highest BCUT2D eigenvalue weighted by atomic mass is 16.6. The Bertz CT molecular complexity index is 1500. The molecule has 1 aliphatic heterocycles. The zero-order valence-electron chi connectivity index (χ0n) is 27.1. The van der Waals surface area contributed by atoms with Gasteiger partial charge in [-0.25, -0.2) is 9.59 Å². The third-order valence-electron chi connectivity index (χ3n) is 11.1. The Labute approximate surface area is 262 Å². The van der Waals surface area contributed by atoms with Crippen molar-refractivity contribution in [1.82, 2.24) is 0 Å². The molecule has 244 valence electrons. The van der Waals surface area contributed by atoms with Crippen molar-refractivity contribution >= 4 is 29.7 Å². The molecule has 0 unspecified atom stereocenters. The zero-order valence-corrected chi connectivity index (χ0v) is 27.1. The van der Waals surface area contributed by atoms with Crippen LogP contribution in [0.4, 0.5) is 0 Å². The minimum absolute atomic E-state index is 0.0579. The number of carbonyl (C=O) groups excluding carboxylic acids is 5. The van der Waals surface area contributed by atoms with Crippen LogP contribution in [0.2, 0.25) is 0 Å². The number of rotatable bonds is 6. The smallest absolute Gasteiger partial charge is 0.347 e. The fourth-order valence-corrected chi connectivity index (χ4v) is 9.09. The number of allylic oxidation sites excluding steroid dienone is 1. The number of fused-ring (bicyclic) bond motifs is 5. The Hall–Kier alpha value is -3.73. The monoisotopic (exact) mass is 626 g/mol. The standard InChI is InChI=1S/C34H42O11/c1-9-17(2)27(37)45-30-31(4,5)25(24(28(38)41-8)43-18(3)35)33(7)21-10-12-32(6)22(20(21)15-34(30,40)29(33)39)14-23(36)44-26(32)19-11-13-42-16-19/h9,11,13,16,21,24-26,30,40H,10,12,14-15H2,1-8H3/b17-9+/t21-,24+,25-,26+,30+,32+,33+,34+/m1/s1. The fourth-order valence-electron chi connectivity index (χ4n) is 9.09. The number of esters is 4. The van der Waals surface area contributed by atoms with Gasteiger partial charge in [0.25, 0.3) is 0 Å². The van der Waals surface area contributed by atoms with Gasteiger partial charge in [0.05, 0.1) is 26.1 Å². The van der Waals surface area contributed by atoms with Crippen molar-refractivity contribution in [3.8, 4) is 0 Å². The van der Waals surface area contributed by atoms with Gasteiger partial charge in [0.2, 0.25) is 6.10 Å². The Morgan fingerprint density at radius 2 is 1.82 bits per heavy atom. The number of methoxy groups -OCH3 is 1. The van der Waals surface area contributed by atoms with E-state index < -0.39 is 81.7 Å². The highest BCUT2D eigenvalue weighted by Crippen LogP contribution is 2.69. The van der Waals surface area contributed by atoms with E-state index in [4.69, 9.17) is 23.4 Å². The Morgan fingerprint density at radius 1 is 1.13 bits per heavy atom. The van der Waals surface area contributed by atoms with Gasteiger partial charge in [0, 0.05) is 46.6 Å². The van der Waals surface area contributed by atoms with Gasteiger partial charge in [-0.15, -0.1) is 0 Å². The minimum Gasteiger partial charge on any atom is -0.472 e. The van der Waals surface area contributed by atoms with Gasteiger partial charge in [-0.2, -0.15) is 0 Å². The average molecular weight is 627 g/mol. The number of Topliss-reactive ketones (excluding diaryl/α,β-unsaturated/α-hetero) is 1. The van der Waals surface area contributed by atoms with E-state index in [0.29, 0.717) is 24.0 Å². The summed E-state index contributed by atoms with van der Waals surface area (Å²) in [5, 5.41) is 12.6. The van der Waals surface area contributed by atoms with Crippen LogP contribution in [-0.2, 0) is 42.9 Å². The molecule has 0 radical (unpaired) electrons. The lowest BCUT2D eigenvalue weighted by Gasteiger charge is -2.66. The van der Waals surface area contributed by atoms with E-state index >= 15 is 0 Å². The summed E-state index contributed by atoms with van der Waals surface area (Å²) in [6.45, 7) is 11.5. The molecule has 11 heteroatoms. The molecular formula is C34H42O11. The Morgan fingerprint density at radius 3 is 2.40 bits per heavy atom. The molecule has 3 fully saturated rings. The van der Waals surface area contributed by atoms with Crippen molar-refractivity contribution in [3.63, 3.8) is 0 Å². The number of hydrogen-bond acceptors (Lipinski definition) is 11. The first-order valence-corrected chi connectivity index (χ1v) is 15.3. The molecule has 45 heavy (non-hydrogen) atoms. The summed E-state index contributed by atoms with van der Waals surface area (Å²) in [5.74, 6) is -5.08. The van der Waals surface area contributed by atoms with Crippen molar-refractivity contribution in [2.24, 2.45) is 28.1 Å². The molecule has 0 amide bonds. The molecule has 11 nitrogen and oxygen atoms in total. The number of ether oxygens (including phenoxy) is 4. The summed E-state index contributed by atoms with van der Waals surface area (Å²) < 4.78 is 27.9. The maximum absolute atomic E-state index is 14.8. The van der Waals surface area contributed by atoms with E-state index in [1.165, 1.54) is 12.5 Å². The van der Waals surface area contributed by atoms with Crippen molar-refractivity contribution in [1.29, 1.82) is 0 Å². The van der Waals surface area contributed by atoms with Crippen LogP contribution in [-0.4, -0.2) is 59.7 Å². The maximum Gasteiger partial charge on any atom is 0.347 e. The van der Waals surface area contributed by atoms with Crippen LogP contribution in [0.25, 0.3) is 0 Å². The lowest BCUT2D eigenvalue weighted by Crippen LogP contribution is -2.77. The van der Waals surface area contributed by atoms with Gasteiger partial charge in [-0.05, 0) is 44.2 Å². The van der Waals surface area contributed by atoms with Crippen LogP contribution >= 0.6 is 0 Å². The number of cyclic esters (lactones) is 1. The molecule has 3 aliphatic carbocycles. The summed E-state index contributed by atoms with van der Waals surface area (Å²) in [7, 11) is 1.16. The summed E-state index contributed by atoms with van der Waals surface area (Å²) in [6, 6.07) is 1.74. The third kappa shape index (κ3) is 4.68. The fraction of sp³-hybridized carbons (Fsp3) is 0.618. The second kappa shape index (κ2) is 11.0. The topological polar surface area (TPSA) is 156 Å². The summed E-state index contributed by atoms with van der Waals surface area (Å²) in [6.07, 6.45) is 1.65. The lowest BCUT2D eigenvalue weighted by molar-refractivity contribution is -0.247. The molecule has 0 spiro atoms. The van der Waals surface area contributed by atoms with E-state index in [0.717, 1.165) is 19.6 Å². The van der Waals surface area contributed by atoms with E-state index in [2.05, 4.69) is 0 Å². The SMILES string of the molecule is C/C=C(\C)C(=O)O[C@H]1C(C)(C)[C@@H]([C@H](OC(C)=O)C(=O)OC)[C@@]2(C)C(=O)[C@@]1(O)CC1=C3CC(=O)O[C@@H](c4ccoc4)[C@@]3(C)CC[C@H]12. The second-order valence-corrected chi connectivity index (χ2v) is 13.9. The average Bonchev–Trinajstić information content (AvgIpc) is 3.51. The summed E-state index contributed by atoms with van der Waals surface area (Å²) >= 11 is 0. The number of aliphatic hydroxyl groups is 1. The largest absolute Gasteiger partial charge is 0.472 e. The summed E-state index contributed by atoms with van der Waals surface area (Å²) in [4.78, 5) is 67.0. The molecule has 1 aromatic rings. The molecule has 1 saturated heterocycles. The molecular weight excluding hydrogens is 584 g/mol. The van der Waals surface area contributed by atoms with Gasteiger partial charge in [0.1, 0.15) is 12.2 Å². The van der Waals surface area contributed by atoms with Crippen molar-refractivity contribution in [2.45, 2.75) is 98.1 Å². The van der Waals surface area contributed by atoms with Gasteiger partial charge in [0.15, 0.2) is 11.4 Å². The molecule has 8 atom stereocenters. The number of carbonyl (C=O) groups is 5. The lowest BCUT2D eigenvalue weighted by atomic mass is 9.39. The predicted octanol–water partition coefficient (Wildman–Crippen LogP) is 4.33. The quantitative estimate of drug-likeness (QED) is 0.208. The van der Waals surface area contributed by atoms with Crippen molar-refractivity contribution in [2.75, 3.05) is 7.11 Å². The van der Waals surface area contributed by atoms with Gasteiger partial charge in [-0.1, -0.05) is 39.3 Å². The molecule has 2 heterocycles. The first kappa shape index (κ1) is 32.7. The molecule has 2 bridgehead atoms. The van der Waals surface area contributed by atoms with Crippen LogP contribution in [0.5, 0.6) is 0 Å². The molecule has 1 N–H and O–H groups in total. The molecule has 4 aliphatic rings. The minimum atomic E-state index is -2.22. The first-order valence-electron chi connectivity index (χ1n) is 15.3. The zero-order chi connectivity index (χ0) is 33.3. The van der Waals surface area contributed by atoms with Gasteiger partial charge < -0.3 is 28.5 Å². The van der Waals surface area contributed by atoms with Crippen molar-refractivity contribution < 1.29 is 52.4 Å². The van der Waals surface area contributed by atoms with Crippen molar-refractivity contribution in [3.05, 3.63) is 47.0 Å². The third-order valence-corrected chi connectivity index (χ3v) is 11.1. The van der Waals surface area contributed by atoms with Crippen LogP contribution in [0, 0.1) is 28.1 Å². The van der Waals surface area contributed by atoms with E-state index in [-0.39, 0.29) is 18.4 Å². The Balaban J connectivity index is 1.79. The summed E-state index contributed by atoms with van der Waals surface area (Å²) in [5.41, 5.74) is -3.33. The highest BCUT2D eigenvalue weighted by Gasteiger charge is 2.76.